The van der Waals surface area contributed by atoms with Crippen LogP contribution in [0.25, 0.3) is 11.1 Å². The van der Waals surface area contributed by atoms with Gasteiger partial charge in [0.15, 0.2) is 0 Å². The Labute approximate surface area is 117 Å². The molecule has 0 saturated heterocycles. The monoisotopic (exact) mass is 262 g/mol. The van der Waals surface area contributed by atoms with Crippen molar-refractivity contribution in [2.75, 3.05) is 5.73 Å². The Balaban J connectivity index is 1.82. The molecule has 0 amide bonds. The summed E-state index contributed by atoms with van der Waals surface area (Å²) in [6.45, 7) is 0. The molecule has 0 fully saturated rings. The van der Waals surface area contributed by atoms with Gasteiger partial charge in [-0.1, -0.05) is 42.5 Å². The Morgan fingerprint density at radius 2 is 1.45 bits per heavy atom. The van der Waals surface area contributed by atoms with E-state index >= 15 is 0 Å². The van der Waals surface area contributed by atoms with Crippen molar-refractivity contribution in [1.29, 1.82) is 0 Å². The third-order valence-electron chi connectivity index (χ3n) is 2.98. The molecule has 20 heavy (non-hydrogen) atoms. The summed E-state index contributed by atoms with van der Waals surface area (Å²) >= 11 is 0. The molecular weight excluding hydrogens is 248 g/mol. The number of nitrogens with zero attached hydrogens (tertiary/aromatic N) is 1. The van der Waals surface area contributed by atoms with Gasteiger partial charge < -0.3 is 10.5 Å². The minimum atomic E-state index is 0.431. The number of hydrogen-bond acceptors (Lipinski definition) is 3. The molecule has 1 heterocycles. The first kappa shape index (κ1) is 12.2. The fraction of sp³-hybridized carbons (Fsp3) is 0. The van der Waals surface area contributed by atoms with Crippen molar-refractivity contribution in [3.05, 3.63) is 72.9 Å². The Bertz CT molecular complexity index is 694. The molecule has 0 radical (unpaired) electrons. The van der Waals surface area contributed by atoms with Crippen molar-refractivity contribution < 1.29 is 4.74 Å². The van der Waals surface area contributed by atoms with Crippen LogP contribution in [0.2, 0.25) is 0 Å². The highest BCUT2D eigenvalue weighted by molar-refractivity contribution is 5.64. The molecule has 0 saturated carbocycles. The number of pyridine rings is 1. The minimum Gasteiger partial charge on any atom is -0.437 e. The van der Waals surface area contributed by atoms with E-state index in [1.54, 1.807) is 18.3 Å². The summed E-state index contributed by atoms with van der Waals surface area (Å²) in [4.78, 5) is 4.11. The predicted molar refractivity (Wildman–Crippen MR) is 80.6 cm³/mol. The number of rotatable bonds is 3. The van der Waals surface area contributed by atoms with Crippen molar-refractivity contribution >= 4 is 5.69 Å². The van der Waals surface area contributed by atoms with Crippen LogP contribution in [0.5, 0.6) is 11.6 Å². The van der Waals surface area contributed by atoms with Crippen LogP contribution in [-0.4, -0.2) is 4.98 Å². The summed E-state index contributed by atoms with van der Waals surface area (Å²) in [7, 11) is 0. The molecule has 0 bridgehead atoms. The molecule has 0 unspecified atom stereocenters. The highest BCUT2D eigenvalue weighted by Crippen LogP contribution is 2.27. The number of hydrogen-bond donors (Lipinski definition) is 1. The Morgan fingerprint density at radius 3 is 2.15 bits per heavy atom. The van der Waals surface area contributed by atoms with Gasteiger partial charge in [-0.05, 0) is 35.4 Å². The van der Waals surface area contributed by atoms with E-state index in [4.69, 9.17) is 10.5 Å². The van der Waals surface area contributed by atoms with Crippen LogP contribution in [0.15, 0.2) is 72.9 Å². The fourth-order valence-electron chi connectivity index (χ4n) is 1.95. The van der Waals surface area contributed by atoms with Gasteiger partial charge in [0.1, 0.15) is 5.75 Å². The van der Waals surface area contributed by atoms with Gasteiger partial charge in [-0.25, -0.2) is 4.98 Å². The normalized spacial score (nSPS) is 10.2. The average Bonchev–Trinajstić information content (AvgIpc) is 2.51. The third-order valence-corrected chi connectivity index (χ3v) is 2.98. The molecule has 3 aromatic rings. The van der Waals surface area contributed by atoms with Crippen LogP contribution in [0.3, 0.4) is 0 Å². The third kappa shape index (κ3) is 2.62. The van der Waals surface area contributed by atoms with Gasteiger partial charge >= 0.3 is 0 Å². The number of nitrogens with two attached hydrogens (primary N) is 1. The van der Waals surface area contributed by atoms with Crippen molar-refractivity contribution in [1.82, 2.24) is 4.98 Å². The van der Waals surface area contributed by atoms with Crippen LogP contribution >= 0.6 is 0 Å². The molecule has 3 rings (SSSR count). The fourth-order valence-corrected chi connectivity index (χ4v) is 1.95. The van der Waals surface area contributed by atoms with Crippen LogP contribution in [0.1, 0.15) is 0 Å². The van der Waals surface area contributed by atoms with Crippen molar-refractivity contribution in [3.8, 4) is 22.8 Å². The van der Waals surface area contributed by atoms with E-state index in [1.807, 2.05) is 42.5 Å². The summed E-state index contributed by atoms with van der Waals surface area (Å²) in [5.74, 6) is 1.15. The van der Waals surface area contributed by atoms with Crippen molar-refractivity contribution in [2.45, 2.75) is 0 Å². The van der Waals surface area contributed by atoms with Crippen molar-refractivity contribution in [2.24, 2.45) is 0 Å². The van der Waals surface area contributed by atoms with Crippen LogP contribution < -0.4 is 10.5 Å². The lowest BCUT2D eigenvalue weighted by molar-refractivity contribution is 0.465. The Kier molecular flexibility index (Phi) is 3.33. The summed E-state index contributed by atoms with van der Waals surface area (Å²) in [5, 5.41) is 0. The molecule has 98 valence electrons. The van der Waals surface area contributed by atoms with E-state index in [0.717, 1.165) is 11.3 Å². The molecular formula is C17H14N2O. The van der Waals surface area contributed by atoms with Crippen molar-refractivity contribution in [3.63, 3.8) is 0 Å². The van der Waals surface area contributed by atoms with Gasteiger partial charge in [0.05, 0.1) is 5.69 Å². The lowest BCUT2D eigenvalue weighted by Gasteiger charge is -2.07. The lowest BCUT2D eigenvalue weighted by Crippen LogP contribution is -1.94. The molecule has 2 N–H and O–H groups in total. The van der Waals surface area contributed by atoms with Crippen LogP contribution in [-0.2, 0) is 0 Å². The lowest BCUT2D eigenvalue weighted by atomic mass is 10.1. The van der Waals surface area contributed by atoms with E-state index in [1.165, 1.54) is 5.56 Å². The minimum absolute atomic E-state index is 0.431. The second-order valence-corrected chi connectivity index (χ2v) is 4.39. The quantitative estimate of drug-likeness (QED) is 0.772. The summed E-state index contributed by atoms with van der Waals surface area (Å²) in [6.07, 6.45) is 1.66. The molecule has 0 aliphatic carbocycles. The highest BCUT2D eigenvalue weighted by atomic mass is 16.5. The maximum absolute atomic E-state index is 5.80. The van der Waals surface area contributed by atoms with E-state index in [0.29, 0.717) is 11.6 Å². The molecule has 2 aromatic carbocycles. The van der Waals surface area contributed by atoms with Gasteiger partial charge in [0.2, 0.25) is 5.88 Å². The zero-order valence-corrected chi connectivity index (χ0v) is 10.9. The Hall–Kier alpha value is -2.81. The number of benzene rings is 2. The largest absolute Gasteiger partial charge is 0.437 e. The van der Waals surface area contributed by atoms with Crippen LogP contribution in [0, 0.1) is 0 Å². The first-order valence-electron chi connectivity index (χ1n) is 6.37. The van der Waals surface area contributed by atoms with Gasteiger partial charge in [0.25, 0.3) is 0 Å². The van der Waals surface area contributed by atoms with E-state index < -0.39 is 0 Å². The molecule has 3 nitrogen and oxygen atoms in total. The summed E-state index contributed by atoms with van der Waals surface area (Å²) in [6, 6.07) is 21.6. The van der Waals surface area contributed by atoms with Gasteiger partial charge in [-0.15, -0.1) is 0 Å². The SMILES string of the molecule is Nc1cccnc1Oc1ccc(-c2ccccc2)cc1. The number of aromatic nitrogens is 1. The van der Waals surface area contributed by atoms with E-state index in [9.17, 15) is 0 Å². The summed E-state index contributed by atoms with van der Waals surface area (Å²) < 4.78 is 5.66. The number of ether oxygens (including phenoxy) is 1. The van der Waals surface area contributed by atoms with Crippen LogP contribution in [0.4, 0.5) is 5.69 Å². The Morgan fingerprint density at radius 1 is 0.750 bits per heavy atom. The topological polar surface area (TPSA) is 48.1 Å². The summed E-state index contributed by atoms with van der Waals surface area (Å²) in [5.41, 5.74) is 8.65. The van der Waals surface area contributed by atoms with E-state index in [2.05, 4.69) is 17.1 Å². The maximum atomic E-state index is 5.80. The molecule has 1 aromatic heterocycles. The molecule has 0 spiro atoms. The smallest absolute Gasteiger partial charge is 0.242 e. The first-order valence-corrected chi connectivity index (χ1v) is 6.37. The van der Waals surface area contributed by atoms with Gasteiger partial charge in [0, 0.05) is 6.20 Å². The predicted octanol–water partition coefficient (Wildman–Crippen LogP) is 4.12. The highest BCUT2D eigenvalue weighted by Gasteiger charge is 2.03. The molecule has 0 aliphatic heterocycles. The second-order valence-electron chi connectivity index (χ2n) is 4.39. The number of anilines is 1. The average molecular weight is 262 g/mol. The maximum Gasteiger partial charge on any atom is 0.242 e. The standard InChI is InChI=1S/C17H14N2O/c18-16-7-4-12-19-17(16)20-15-10-8-14(9-11-15)13-5-2-1-3-6-13/h1-12H,18H2. The van der Waals surface area contributed by atoms with Gasteiger partial charge in [-0.3, -0.25) is 0 Å². The van der Waals surface area contributed by atoms with E-state index in [-0.39, 0.29) is 0 Å². The zero-order valence-electron chi connectivity index (χ0n) is 10.9. The zero-order chi connectivity index (χ0) is 13.8. The second kappa shape index (κ2) is 5.45. The van der Waals surface area contributed by atoms with Gasteiger partial charge in [-0.2, -0.15) is 0 Å². The first-order chi connectivity index (χ1) is 9.83. The number of nitrogen functional groups attached to an aromatic ring is 1. The molecule has 3 heteroatoms. The molecule has 0 aliphatic rings. The molecule has 0 atom stereocenters.